The third kappa shape index (κ3) is 1.89. The summed E-state index contributed by atoms with van der Waals surface area (Å²) in [6.07, 6.45) is 0.592. The summed E-state index contributed by atoms with van der Waals surface area (Å²) in [5.74, 6) is -0.964. The number of aldehydes is 1. The normalized spacial score (nSPS) is 10.8. The molecule has 0 aliphatic carbocycles. The molecule has 0 spiro atoms. The molecule has 0 aliphatic heterocycles. The van der Waals surface area contributed by atoms with Crippen LogP contribution >= 0.6 is 0 Å². The summed E-state index contributed by atoms with van der Waals surface area (Å²) in [5, 5.41) is 4.19. The highest BCUT2D eigenvalue weighted by molar-refractivity contribution is 5.97. The van der Waals surface area contributed by atoms with Crippen LogP contribution in [0.2, 0.25) is 0 Å². The molecule has 0 atom stereocenters. The van der Waals surface area contributed by atoms with E-state index in [4.69, 9.17) is 4.52 Å². The number of fused-ring (bicyclic) bond motifs is 1. The summed E-state index contributed by atoms with van der Waals surface area (Å²) in [7, 11) is 0. The average Bonchev–Trinajstić information content (AvgIpc) is 2.81. The molecule has 0 saturated carbocycles. The average molecular weight is 259 g/mol. The van der Waals surface area contributed by atoms with Gasteiger partial charge in [-0.2, -0.15) is 0 Å². The molecular weight excluding hydrogens is 252 g/mol. The van der Waals surface area contributed by atoms with Crippen LogP contribution in [0.3, 0.4) is 0 Å². The van der Waals surface area contributed by atoms with Crippen LogP contribution in [0.25, 0.3) is 22.2 Å². The molecule has 3 nitrogen and oxygen atoms in total. The Morgan fingerprint density at radius 2 is 1.79 bits per heavy atom. The summed E-state index contributed by atoms with van der Waals surface area (Å²) >= 11 is 0. The van der Waals surface area contributed by atoms with Gasteiger partial charge in [0.05, 0.1) is 5.39 Å². The van der Waals surface area contributed by atoms with E-state index in [1.165, 1.54) is 36.4 Å². The van der Waals surface area contributed by atoms with Gasteiger partial charge in [-0.05, 0) is 36.4 Å². The molecule has 0 radical (unpaired) electrons. The monoisotopic (exact) mass is 259 g/mol. The topological polar surface area (TPSA) is 43.1 Å². The molecule has 94 valence electrons. The van der Waals surface area contributed by atoms with Crippen molar-refractivity contribution in [3.63, 3.8) is 0 Å². The summed E-state index contributed by atoms with van der Waals surface area (Å²) in [5.41, 5.74) is 1.16. The minimum atomic E-state index is -0.506. The second-order valence-electron chi connectivity index (χ2n) is 4.02. The SMILES string of the molecule is O=Cc1ccc(F)cc1-c1noc2ccc(F)cc12. The van der Waals surface area contributed by atoms with Gasteiger partial charge in [0.1, 0.15) is 17.3 Å². The van der Waals surface area contributed by atoms with Gasteiger partial charge in [-0.15, -0.1) is 0 Å². The molecular formula is C14H7F2NO2. The predicted molar refractivity (Wildman–Crippen MR) is 64.7 cm³/mol. The van der Waals surface area contributed by atoms with Gasteiger partial charge in [0.2, 0.25) is 0 Å². The number of benzene rings is 2. The van der Waals surface area contributed by atoms with Crippen molar-refractivity contribution in [2.75, 3.05) is 0 Å². The molecule has 3 aromatic rings. The van der Waals surface area contributed by atoms with Crippen LogP contribution in [-0.2, 0) is 0 Å². The van der Waals surface area contributed by atoms with Crippen LogP contribution in [0.5, 0.6) is 0 Å². The number of nitrogens with zero attached hydrogens (tertiary/aromatic N) is 1. The first kappa shape index (κ1) is 11.5. The number of carbonyl (C=O) groups is 1. The fourth-order valence-corrected chi connectivity index (χ4v) is 1.94. The Labute approximate surface area is 106 Å². The molecule has 0 saturated heterocycles. The van der Waals surface area contributed by atoms with E-state index in [2.05, 4.69) is 5.16 Å². The van der Waals surface area contributed by atoms with Crippen LogP contribution in [0.15, 0.2) is 40.9 Å². The van der Waals surface area contributed by atoms with E-state index in [0.29, 0.717) is 17.3 Å². The fraction of sp³-hybridized carbons (Fsp3) is 0. The summed E-state index contributed by atoms with van der Waals surface area (Å²) in [6, 6.07) is 7.60. The molecule has 0 aliphatic rings. The maximum Gasteiger partial charge on any atom is 0.167 e. The molecule has 3 rings (SSSR count). The van der Waals surface area contributed by atoms with Crippen molar-refractivity contribution in [3.05, 3.63) is 53.6 Å². The minimum Gasteiger partial charge on any atom is -0.356 e. The van der Waals surface area contributed by atoms with E-state index in [1.807, 2.05) is 0 Å². The van der Waals surface area contributed by atoms with Crippen molar-refractivity contribution in [1.29, 1.82) is 0 Å². The van der Waals surface area contributed by atoms with Crippen molar-refractivity contribution in [2.45, 2.75) is 0 Å². The van der Waals surface area contributed by atoms with Crippen LogP contribution in [0, 0.1) is 11.6 Å². The molecule has 0 amide bonds. The van der Waals surface area contributed by atoms with Gasteiger partial charge < -0.3 is 4.52 Å². The van der Waals surface area contributed by atoms with E-state index in [1.54, 1.807) is 0 Å². The van der Waals surface area contributed by atoms with Crippen molar-refractivity contribution in [3.8, 4) is 11.3 Å². The fourth-order valence-electron chi connectivity index (χ4n) is 1.94. The Hall–Kier alpha value is -2.56. The maximum absolute atomic E-state index is 13.3. The highest BCUT2D eigenvalue weighted by Crippen LogP contribution is 2.30. The van der Waals surface area contributed by atoms with Crippen LogP contribution < -0.4 is 0 Å². The smallest absolute Gasteiger partial charge is 0.167 e. The number of hydrogen-bond acceptors (Lipinski definition) is 3. The van der Waals surface area contributed by atoms with Gasteiger partial charge in [-0.1, -0.05) is 5.16 Å². The number of hydrogen-bond donors (Lipinski definition) is 0. The molecule has 2 aromatic carbocycles. The molecule has 5 heteroatoms. The maximum atomic E-state index is 13.3. The van der Waals surface area contributed by atoms with Crippen molar-refractivity contribution in [2.24, 2.45) is 0 Å². The van der Waals surface area contributed by atoms with Crippen LogP contribution in [-0.4, -0.2) is 11.4 Å². The first-order valence-corrected chi connectivity index (χ1v) is 5.49. The molecule has 0 unspecified atom stereocenters. The largest absolute Gasteiger partial charge is 0.356 e. The predicted octanol–water partition coefficient (Wildman–Crippen LogP) is 3.59. The Balaban J connectivity index is 2.32. The quantitative estimate of drug-likeness (QED) is 0.660. The molecule has 1 heterocycles. The molecule has 1 aromatic heterocycles. The Kier molecular flexibility index (Phi) is 2.59. The lowest BCUT2D eigenvalue weighted by molar-refractivity contribution is 0.112. The summed E-state index contributed by atoms with van der Waals surface area (Å²) < 4.78 is 31.6. The number of aromatic nitrogens is 1. The lowest BCUT2D eigenvalue weighted by Crippen LogP contribution is -1.90. The molecule has 0 fully saturated rings. The zero-order valence-corrected chi connectivity index (χ0v) is 9.56. The van der Waals surface area contributed by atoms with E-state index >= 15 is 0 Å². The van der Waals surface area contributed by atoms with E-state index in [-0.39, 0.29) is 16.8 Å². The van der Waals surface area contributed by atoms with E-state index < -0.39 is 11.6 Å². The van der Waals surface area contributed by atoms with Gasteiger partial charge in [0.15, 0.2) is 11.9 Å². The molecule has 19 heavy (non-hydrogen) atoms. The van der Waals surface area contributed by atoms with Crippen molar-refractivity contribution in [1.82, 2.24) is 5.16 Å². The van der Waals surface area contributed by atoms with Crippen molar-refractivity contribution < 1.29 is 18.1 Å². The third-order valence-electron chi connectivity index (χ3n) is 2.83. The van der Waals surface area contributed by atoms with Gasteiger partial charge in [0, 0.05) is 11.1 Å². The first-order chi connectivity index (χ1) is 9.19. The molecule has 0 N–H and O–H groups in total. The van der Waals surface area contributed by atoms with Crippen LogP contribution in [0.4, 0.5) is 8.78 Å². The Bertz CT molecular complexity index is 780. The first-order valence-electron chi connectivity index (χ1n) is 5.49. The number of carbonyl (C=O) groups excluding carboxylic acids is 1. The van der Waals surface area contributed by atoms with Crippen LogP contribution in [0.1, 0.15) is 10.4 Å². The van der Waals surface area contributed by atoms with Gasteiger partial charge >= 0.3 is 0 Å². The Morgan fingerprint density at radius 3 is 2.58 bits per heavy atom. The van der Waals surface area contributed by atoms with E-state index in [0.717, 1.165) is 0 Å². The summed E-state index contributed by atoms with van der Waals surface area (Å²) in [4.78, 5) is 11.0. The molecule has 0 bridgehead atoms. The zero-order valence-electron chi connectivity index (χ0n) is 9.56. The highest BCUT2D eigenvalue weighted by atomic mass is 19.1. The Morgan fingerprint density at radius 1 is 1.05 bits per heavy atom. The third-order valence-corrected chi connectivity index (χ3v) is 2.83. The minimum absolute atomic E-state index is 0.246. The van der Waals surface area contributed by atoms with Gasteiger partial charge in [-0.25, -0.2) is 8.78 Å². The summed E-state index contributed by atoms with van der Waals surface area (Å²) in [6.45, 7) is 0. The second kappa shape index (κ2) is 4.28. The standard InChI is InChI=1S/C14H7F2NO2/c15-9-2-1-8(7-18)11(5-9)14-12-6-10(16)3-4-13(12)19-17-14/h1-7H. The van der Waals surface area contributed by atoms with Gasteiger partial charge in [0.25, 0.3) is 0 Å². The van der Waals surface area contributed by atoms with Crippen molar-refractivity contribution >= 4 is 17.3 Å². The second-order valence-corrected chi connectivity index (χ2v) is 4.02. The number of rotatable bonds is 2. The number of halogens is 2. The lowest BCUT2D eigenvalue weighted by atomic mass is 10.0. The highest BCUT2D eigenvalue weighted by Gasteiger charge is 2.15. The van der Waals surface area contributed by atoms with E-state index in [9.17, 15) is 13.6 Å². The lowest BCUT2D eigenvalue weighted by Gasteiger charge is -2.01. The van der Waals surface area contributed by atoms with Gasteiger partial charge in [-0.3, -0.25) is 4.79 Å². The zero-order chi connectivity index (χ0) is 13.4.